The summed E-state index contributed by atoms with van der Waals surface area (Å²) in [5, 5.41) is 9.10. The zero-order chi connectivity index (χ0) is 14.7. The summed E-state index contributed by atoms with van der Waals surface area (Å²) in [6, 6.07) is 8.69. The number of imidazole rings is 1. The highest BCUT2D eigenvalue weighted by Crippen LogP contribution is 2.25. The van der Waals surface area contributed by atoms with E-state index in [9.17, 15) is 0 Å². The van der Waals surface area contributed by atoms with E-state index in [4.69, 9.17) is 10.2 Å². The van der Waals surface area contributed by atoms with Crippen LogP contribution >= 0.6 is 0 Å². The molecule has 0 saturated carbocycles. The summed E-state index contributed by atoms with van der Waals surface area (Å²) < 4.78 is 2.04. The lowest BCUT2D eigenvalue weighted by Crippen LogP contribution is -2.28. The third-order valence-corrected chi connectivity index (χ3v) is 3.90. The maximum atomic E-state index is 9.10. The van der Waals surface area contributed by atoms with E-state index >= 15 is 0 Å². The van der Waals surface area contributed by atoms with Gasteiger partial charge in [0, 0.05) is 0 Å². The number of fused-ring (bicyclic) bond motifs is 1. The Labute approximate surface area is 120 Å². The van der Waals surface area contributed by atoms with Crippen molar-refractivity contribution in [2.24, 2.45) is 0 Å². The van der Waals surface area contributed by atoms with Gasteiger partial charge in [-0.2, -0.15) is 5.26 Å². The molecule has 0 spiro atoms. The Hall–Kier alpha value is -1.86. The second-order valence-electron chi connectivity index (χ2n) is 5.10. The third-order valence-electron chi connectivity index (χ3n) is 3.90. The quantitative estimate of drug-likeness (QED) is 0.837. The second kappa shape index (κ2) is 6.06. The van der Waals surface area contributed by atoms with Crippen molar-refractivity contribution in [3.63, 3.8) is 0 Å². The van der Waals surface area contributed by atoms with E-state index < -0.39 is 0 Å². The van der Waals surface area contributed by atoms with Crippen LogP contribution < -0.4 is 0 Å². The molecule has 0 saturated heterocycles. The fraction of sp³-hybridized carbons (Fsp3) is 0.500. The number of hydrogen-bond donors (Lipinski definition) is 0. The Bertz CT molecular complexity index is 632. The third kappa shape index (κ3) is 2.54. The molecule has 0 aliphatic heterocycles. The number of nitriles is 1. The fourth-order valence-electron chi connectivity index (χ4n) is 2.75. The fourth-order valence-corrected chi connectivity index (χ4v) is 2.75. The molecule has 1 aromatic carbocycles. The number of benzene rings is 1. The summed E-state index contributed by atoms with van der Waals surface area (Å²) in [6.45, 7) is 10.8. The topological polar surface area (TPSA) is 44.9 Å². The van der Waals surface area contributed by atoms with Crippen molar-refractivity contribution in [3.8, 4) is 6.07 Å². The molecule has 0 amide bonds. The molecular weight excluding hydrogens is 248 g/mol. The van der Waals surface area contributed by atoms with Gasteiger partial charge in [0.05, 0.1) is 23.1 Å². The summed E-state index contributed by atoms with van der Waals surface area (Å²) in [7, 11) is 0. The first-order valence-electron chi connectivity index (χ1n) is 7.20. The van der Waals surface area contributed by atoms with Gasteiger partial charge >= 0.3 is 0 Å². The van der Waals surface area contributed by atoms with Crippen molar-refractivity contribution < 1.29 is 0 Å². The summed E-state index contributed by atoms with van der Waals surface area (Å²) in [6.07, 6.45) is 0. The summed E-state index contributed by atoms with van der Waals surface area (Å²) in [5.41, 5.74) is 3.22. The van der Waals surface area contributed by atoms with Crippen molar-refractivity contribution in [3.05, 3.63) is 29.6 Å². The summed E-state index contributed by atoms with van der Waals surface area (Å²) in [5.74, 6) is 0.982. The predicted octanol–water partition coefficient (Wildman–Crippen LogP) is 3.27. The zero-order valence-corrected chi connectivity index (χ0v) is 12.7. The standard InChI is InChI=1S/C16H22N4/c1-5-19(6-2)13(4)16-18-14-11-12(3)7-8-15(14)20(16)10-9-17/h7-8,11,13H,5-6,10H2,1-4H3. The predicted molar refractivity (Wildman–Crippen MR) is 81.4 cm³/mol. The van der Waals surface area contributed by atoms with Gasteiger partial charge < -0.3 is 4.57 Å². The molecule has 4 heteroatoms. The first kappa shape index (κ1) is 14.5. The van der Waals surface area contributed by atoms with E-state index in [2.05, 4.69) is 56.9 Å². The summed E-state index contributed by atoms with van der Waals surface area (Å²) in [4.78, 5) is 7.13. The van der Waals surface area contributed by atoms with E-state index in [0.717, 1.165) is 29.9 Å². The lowest BCUT2D eigenvalue weighted by atomic mass is 10.2. The molecule has 0 radical (unpaired) electrons. The molecule has 0 aliphatic rings. The van der Waals surface area contributed by atoms with Gasteiger partial charge in [0.25, 0.3) is 0 Å². The van der Waals surface area contributed by atoms with E-state index in [0.29, 0.717) is 6.54 Å². The van der Waals surface area contributed by atoms with Gasteiger partial charge in [0.15, 0.2) is 0 Å². The van der Waals surface area contributed by atoms with Crippen molar-refractivity contribution in [2.45, 2.75) is 40.3 Å². The Morgan fingerprint density at radius 1 is 1.35 bits per heavy atom. The van der Waals surface area contributed by atoms with Gasteiger partial charge in [-0.15, -0.1) is 0 Å². The van der Waals surface area contributed by atoms with E-state index in [1.54, 1.807) is 0 Å². The van der Waals surface area contributed by atoms with Crippen molar-refractivity contribution >= 4 is 11.0 Å². The molecule has 1 unspecified atom stereocenters. The largest absolute Gasteiger partial charge is 0.313 e. The lowest BCUT2D eigenvalue weighted by molar-refractivity contribution is 0.222. The molecule has 0 aliphatic carbocycles. The molecule has 4 nitrogen and oxygen atoms in total. The Morgan fingerprint density at radius 2 is 2.05 bits per heavy atom. The first-order valence-corrected chi connectivity index (χ1v) is 7.20. The number of nitrogens with zero attached hydrogens (tertiary/aromatic N) is 4. The Morgan fingerprint density at radius 3 is 2.65 bits per heavy atom. The van der Waals surface area contributed by atoms with Crippen molar-refractivity contribution in [2.75, 3.05) is 13.1 Å². The molecule has 1 heterocycles. The van der Waals surface area contributed by atoms with Gasteiger partial charge in [-0.3, -0.25) is 4.90 Å². The van der Waals surface area contributed by atoms with Gasteiger partial charge in [-0.05, 0) is 44.6 Å². The number of hydrogen-bond acceptors (Lipinski definition) is 3. The molecule has 20 heavy (non-hydrogen) atoms. The van der Waals surface area contributed by atoms with Gasteiger partial charge in [0.2, 0.25) is 0 Å². The molecule has 0 bridgehead atoms. The van der Waals surface area contributed by atoms with Gasteiger partial charge in [0.1, 0.15) is 12.4 Å². The maximum absolute atomic E-state index is 9.10. The molecule has 1 atom stereocenters. The highest BCUT2D eigenvalue weighted by Gasteiger charge is 2.20. The van der Waals surface area contributed by atoms with Crippen LogP contribution in [0.15, 0.2) is 18.2 Å². The Balaban J connectivity index is 2.56. The van der Waals surface area contributed by atoms with Gasteiger partial charge in [-0.25, -0.2) is 4.98 Å². The number of aromatic nitrogens is 2. The zero-order valence-electron chi connectivity index (χ0n) is 12.7. The van der Waals surface area contributed by atoms with Crippen LogP contribution in [0.25, 0.3) is 11.0 Å². The minimum atomic E-state index is 0.214. The Kier molecular flexibility index (Phi) is 4.41. The van der Waals surface area contributed by atoms with Crippen LogP contribution in [-0.2, 0) is 6.54 Å². The lowest BCUT2D eigenvalue weighted by Gasteiger charge is -2.26. The van der Waals surface area contributed by atoms with Crippen LogP contribution in [0.1, 0.15) is 38.2 Å². The van der Waals surface area contributed by atoms with Crippen molar-refractivity contribution in [1.82, 2.24) is 14.5 Å². The molecule has 0 fully saturated rings. The van der Waals surface area contributed by atoms with Crippen LogP contribution in [0.3, 0.4) is 0 Å². The maximum Gasteiger partial charge on any atom is 0.127 e. The minimum Gasteiger partial charge on any atom is -0.313 e. The van der Waals surface area contributed by atoms with Crippen LogP contribution in [0.4, 0.5) is 0 Å². The second-order valence-corrected chi connectivity index (χ2v) is 5.10. The smallest absolute Gasteiger partial charge is 0.127 e. The highest BCUT2D eigenvalue weighted by molar-refractivity contribution is 5.77. The first-order chi connectivity index (χ1) is 9.62. The highest BCUT2D eigenvalue weighted by atomic mass is 15.2. The molecule has 1 aromatic heterocycles. The van der Waals surface area contributed by atoms with Crippen LogP contribution in [0.5, 0.6) is 0 Å². The molecule has 0 N–H and O–H groups in total. The monoisotopic (exact) mass is 270 g/mol. The number of aryl methyl sites for hydroxylation is 1. The average molecular weight is 270 g/mol. The SMILES string of the molecule is CCN(CC)C(C)c1nc2cc(C)ccc2n1CC#N. The molecule has 106 valence electrons. The van der Waals surface area contributed by atoms with E-state index in [-0.39, 0.29) is 6.04 Å². The van der Waals surface area contributed by atoms with E-state index in [1.165, 1.54) is 5.56 Å². The minimum absolute atomic E-state index is 0.214. The normalized spacial score (nSPS) is 12.8. The van der Waals surface area contributed by atoms with Crippen LogP contribution in [0, 0.1) is 18.3 Å². The van der Waals surface area contributed by atoms with E-state index in [1.807, 2.05) is 4.57 Å². The van der Waals surface area contributed by atoms with Crippen LogP contribution in [0.2, 0.25) is 0 Å². The van der Waals surface area contributed by atoms with Gasteiger partial charge in [-0.1, -0.05) is 19.9 Å². The van der Waals surface area contributed by atoms with Crippen molar-refractivity contribution in [1.29, 1.82) is 5.26 Å². The molecule has 2 rings (SSSR count). The number of rotatable bonds is 5. The average Bonchev–Trinajstić information content (AvgIpc) is 2.78. The van der Waals surface area contributed by atoms with Crippen LogP contribution in [-0.4, -0.2) is 27.5 Å². The summed E-state index contributed by atoms with van der Waals surface area (Å²) >= 11 is 0. The molecule has 2 aromatic rings. The molecular formula is C16H22N4.